The van der Waals surface area contributed by atoms with E-state index in [1.165, 1.54) is 0 Å². The topological polar surface area (TPSA) is 48.0 Å². The Labute approximate surface area is 94.5 Å². The quantitative estimate of drug-likeness (QED) is 0.680. The highest BCUT2D eigenvalue weighted by molar-refractivity contribution is 5.84. The van der Waals surface area contributed by atoms with E-state index in [9.17, 15) is 5.11 Å². The van der Waals surface area contributed by atoms with Gasteiger partial charge in [0.2, 0.25) is 0 Å². The summed E-state index contributed by atoms with van der Waals surface area (Å²) in [6.45, 7) is 1.77. The highest BCUT2D eigenvalue weighted by atomic mass is 16.3. The molecule has 0 saturated carbocycles. The number of nitrogens with one attached hydrogen (secondary N) is 2. The zero-order valence-electron chi connectivity index (χ0n) is 9.16. The molecule has 84 valence electrons. The van der Waals surface area contributed by atoms with E-state index in [1.807, 2.05) is 24.4 Å². The lowest BCUT2D eigenvalue weighted by Gasteiger charge is -2.32. The van der Waals surface area contributed by atoms with Crippen LogP contribution in [-0.4, -0.2) is 23.2 Å². The number of fused-ring (bicyclic) bond motifs is 1. The van der Waals surface area contributed by atoms with Gasteiger partial charge in [-0.2, -0.15) is 0 Å². The third-order valence-corrected chi connectivity index (χ3v) is 3.52. The summed E-state index contributed by atoms with van der Waals surface area (Å²) in [5.41, 5.74) is 1.49. The molecule has 3 heteroatoms. The molecule has 1 aliphatic rings. The van der Waals surface area contributed by atoms with Crippen molar-refractivity contribution in [1.82, 2.24) is 10.3 Å². The van der Waals surface area contributed by atoms with Gasteiger partial charge in [0.1, 0.15) is 0 Å². The highest BCUT2D eigenvalue weighted by Crippen LogP contribution is 2.35. The second kappa shape index (κ2) is 3.61. The van der Waals surface area contributed by atoms with Gasteiger partial charge in [-0.05, 0) is 32.0 Å². The van der Waals surface area contributed by atoms with Gasteiger partial charge in [0.05, 0.1) is 5.60 Å². The van der Waals surface area contributed by atoms with Crippen molar-refractivity contribution in [3.05, 3.63) is 36.0 Å². The Balaban J connectivity index is 2.11. The van der Waals surface area contributed by atoms with Crippen LogP contribution in [0.2, 0.25) is 0 Å². The summed E-state index contributed by atoms with van der Waals surface area (Å²) in [7, 11) is 0. The highest BCUT2D eigenvalue weighted by Gasteiger charge is 2.33. The minimum Gasteiger partial charge on any atom is -0.385 e. The number of para-hydroxylation sites is 1. The van der Waals surface area contributed by atoms with Gasteiger partial charge in [-0.1, -0.05) is 18.2 Å². The Morgan fingerprint density at radius 3 is 2.69 bits per heavy atom. The molecule has 1 aromatic heterocycles. The summed E-state index contributed by atoms with van der Waals surface area (Å²) in [5, 5.41) is 15.1. The minimum absolute atomic E-state index is 0.662. The maximum Gasteiger partial charge on any atom is 0.0941 e. The molecule has 0 spiro atoms. The number of H-pyrrole nitrogens is 1. The molecular formula is C13H16N2O. The maximum atomic E-state index is 10.7. The Morgan fingerprint density at radius 2 is 1.88 bits per heavy atom. The van der Waals surface area contributed by atoms with Crippen molar-refractivity contribution >= 4 is 10.9 Å². The van der Waals surface area contributed by atoms with Crippen LogP contribution in [0.25, 0.3) is 10.9 Å². The smallest absolute Gasteiger partial charge is 0.0941 e. The number of hydrogen-bond acceptors (Lipinski definition) is 2. The molecule has 3 rings (SSSR count). The van der Waals surface area contributed by atoms with Crippen LogP contribution >= 0.6 is 0 Å². The molecule has 3 N–H and O–H groups in total. The standard InChI is InChI=1S/C13H16N2O/c16-13(5-7-14-8-6-13)11-9-15-12-4-2-1-3-10(11)12/h1-4,9,14-16H,5-8H2. The van der Waals surface area contributed by atoms with Crippen LogP contribution in [-0.2, 0) is 5.60 Å². The summed E-state index contributed by atoms with van der Waals surface area (Å²) in [6, 6.07) is 8.14. The number of aromatic nitrogens is 1. The van der Waals surface area contributed by atoms with E-state index in [4.69, 9.17) is 0 Å². The lowest BCUT2D eigenvalue weighted by Crippen LogP contribution is -2.39. The fourth-order valence-electron chi connectivity index (χ4n) is 2.57. The van der Waals surface area contributed by atoms with Crippen LogP contribution in [0.5, 0.6) is 0 Å². The van der Waals surface area contributed by atoms with Gasteiger partial charge in [0.25, 0.3) is 0 Å². The summed E-state index contributed by atoms with van der Waals surface area (Å²) in [4.78, 5) is 3.23. The summed E-state index contributed by atoms with van der Waals surface area (Å²) < 4.78 is 0. The predicted octanol–water partition coefficient (Wildman–Crippen LogP) is 1.74. The first kappa shape index (κ1) is 9.87. The number of rotatable bonds is 1. The van der Waals surface area contributed by atoms with Crippen molar-refractivity contribution < 1.29 is 5.11 Å². The molecular weight excluding hydrogens is 200 g/mol. The Morgan fingerprint density at radius 1 is 1.12 bits per heavy atom. The van der Waals surface area contributed by atoms with Crippen LogP contribution < -0.4 is 5.32 Å². The second-order valence-electron chi connectivity index (χ2n) is 4.53. The van der Waals surface area contributed by atoms with Gasteiger partial charge in [-0.15, -0.1) is 0 Å². The van der Waals surface area contributed by atoms with Gasteiger partial charge in [-0.3, -0.25) is 0 Å². The molecule has 1 fully saturated rings. The Hall–Kier alpha value is -1.32. The lowest BCUT2D eigenvalue weighted by molar-refractivity contribution is 0.00735. The van der Waals surface area contributed by atoms with Crippen LogP contribution in [0.4, 0.5) is 0 Å². The van der Waals surface area contributed by atoms with Crippen molar-refractivity contribution in [2.75, 3.05) is 13.1 Å². The largest absolute Gasteiger partial charge is 0.385 e. The van der Waals surface area contributed by atoms with Gasteiger partial charge in [-0.25, -0.2) is 0 Å². The van der Waals surface area contributed by atoms with Crippen molar-refractivity contribution in [2.45, 2.75) is 18.4 Å². The van der Waals surface area contributed by atoms with E-state index in [0.29, 0.717) is 0 Å². The van der Waals surface area contributed by atoms with E-state index in [1.54, 1.807) is 0 Å². The monoisotopic (exact) mass is 216 g/mol. The first-order valence-corrected chi connectivity index (χ1v) is 5.79. The number of benzene rings is 1. The molecule has 16 heavy (non-hydrogen) atoms. The molecule has 3 nitrogen and oxygen atoms in total. The SMILES string of the molecule is OC1(c2c[nH]c3ccccc23)CCNCC1. The van der Waals surface area contributed by atoms with E-state index in [2.05, 4.69) is 16.4 Å². The van der Waals surface area contributed by atoms with E-state index in [0.717, 1.165) is 42.4 Å². The normalized spacial score (nSPS) is 20.1. The van der Waals surface area contributed by atoms with Gasteiger partial charge in [0, 0.05) is 22.7 Å². The van der Waals surface area contributed by atoms with Crippen LogP contribution in [0, 0.1) is 0 Å². The van der Waals surface area contributed by atoms with Crippen LogP contribution in [0.1, 0.15) is 18.4 Å². The molecule has 0 atom stereocenters. The number of piperidine rings is 1. The van der Waals surface area contributed by atoms with Crippen molar-refractivity contribution in [3.63, 3.8) is 0 Å². The van der Waals surface area contributed by atoms with Crippen LogP contribution in [0.15, 0.2) is 30.5 Å². The molecule has 0 amide bonds. The van der Waals surface area contributed by atoms with E-state index >= 15 is 0 Å². The maximum absolute atomic E-state index is 10.7. The van der Waals surface area contributed by atoms with Crippen molar-refractivity contribution in [2.24, 2.45) is 0 Å². The molecule has 0 unspecified atom stereocenters. The molecule has 0 aliphatic carbocycles. The fraction of sp³-hybridized carbons (Fsp3) is 0.385. The third-order valence-electron chi connectivity index (χ3n) is 3.52. The fourth-order valence-corrected chi connectivity index (χ4v) is 2.57. The Bertz CT molecular complexity index is 497. The van der Waals surface area contributed by atoms with E-state index < -0.39 is 5.60 Å². The molecule has 2 heterocycles. The molecule has 2 aromatic rings. The van der Waals surface area contributed by atoms with Gasteiger partial charge >= 0.3 is 0 Å². The van der Waals surface area contributed by atoms with Crippen molar-refractivity contribution in [3.8, 4) is 0 Å². The summed E-state index contributed by atoms with van der Waals surface area (Å²) in [6.07, 6.45) is 3.53. The average molecular weight is 216 g/mol. The summed E-state index contributed by atoms with van der Waals surface area (Å²) in [5.74, 6) is 0. The molecule has 1 saturated heterocycles. The second-order valence-corrected chi connectivity index (χ2v) is 4.53. The van der Waals surface area contributed by atoms with Gasteiger partial charge in [0.15, 0.2) is 0 Å². The lowest BCUT2D eigenvalue weighted by atomic mass is 9.85. The molecule has 0 radical (unpaired) electrons. The predicted molar refractivity (Wildman–Crippen MR) is 64.3 cm³/mol. The first-order valence-electron chi connectivity index (χ1n) is 5.79. The average Bonchev–Trinajstić information content (AvgIpc) is 2.74. The summed E-state index contributed by atoms with van der Waals surface area (Å²) >= 11 is 0. The zero-order chi connectivity index (χ0) is 11.0. The van der Waals surface area contributed by atoms with E-state index in [-0.39, 0.29) is 0 Å². The van der Waals surface area contributed by atoms with Crippen molar-refractivity contribution in [1.29, 1.82) is 0 Å². The minimum atomic E-state index is -0.662. The first-order chi connectivity index (χ1) is 7.80. The molecule has 0 bridgehead atoms. The number of aliphatic hydroxyl groups is 1. The molecule has 1 aromatic carbocycles. The molecule has 1 aliphatic heterocycles. The van der Waals surface area contributed by atoms with Crippen LogP contribution in [0.3, 0.4) is 0 Å². The van der Waals surface area contributed by atoms with Gasteiger partial charge < -0.3 is 15.4 Å². The third kappa shape index (κ3) is 1.44. The Kier molecular flexibility index (Phi) is 2.23. The zero-order valence-corrected chi connectivity index (χ0v) is 9.16. The number of hydrogen-bond donors (Lipinski definition) is 3. The number of aromatic amines is 1.